The van der Waals surface area contributed by atoms with E-state index in [1.54, 1.807) is 24.3 Å². The molecule has 0 unspecified atom stereocenters. The molecule has 0 radical (unpaired) electrons. The topological polar surface area (TPSA) is 137 Å². The van der Waals surface area contributed by atoms with Gasteiger partial charge in [0.05, 0.1) is 11.9 Å². The van der Waals surface area contributed by atoms with Gasteiger partial charge in [-0.15, -0.1) is 0 Å². The van der Waals surface area contributed by atoms with Gasteiger partial charge in [-0.1, -0.05) is 18.2 Å². The molecule has 1 heterocycles. The normalized spacial score (nSPS) is 10.1. The van der Waals surface area contributed by atoms with Crippen LogP contribution in [-0.4, -0.2) is 38.5 Å². The van der Waals surface area contributed by atoms with Gasteiger partial charge < -0.3 is 20.3 Å². The lowest BCUT2D eigenvalue weighted by Gasteiger charge is -2.10. The molecule has 3 rings (SSSR count). The van der Waals surface area contributed by atoms with Crippen molar-refractivity contribution in [1.29, 1.82) is 5.26 Å². The molecule has 0 bridgehead atoms. The minimum absolute atomic E-state index is 0.139. The standard InChI is InChI=1S/C19H14N4O5/c20-9-12-10-21-23(13-4-2-1-3-5-13)18(12)22-17(26)11-28-19(27)15-7-6-14(24)8-16(15)25/h1-8,10,24-25H,11H2,(H,22,26). The van der Waals surface area contributed by atoms with E-state index in [0.29, 0.717) is 5.69 Å². The highest BCUT2D eigenvalue weighted by Gasteiger charge is 2.18. The molecule has 28 heavy (non-hydrogen) atoms. The van der Waals surface area contributed by atoms with Crippen LogP contribution in [0.3, 0.4) is 0 Å². The summed E-state index contributed by atoms with van der Waals surface area (Å²) >= 11 is 0. The first-order valence-corrected chi connectivity index (χ1v) is 8.02. The number of amides is 1. The van der Waals surface area contributed by atoms with Crippen LogP contribution in [0.15, 0.2) is 54.7 Å². The van der Waals surface area contributed by atoms with Crippen molar-refractivity contribution in [3.8, 4) is 23.3 Å². The zero-order valence-electron chi connectivity index (χ0n) is 14.4. The molecule has 3 N–H and O–H groups in total. The Hall–Kier alpha value is -4.32. The minimum Gasteiger partial charge on any atom is -0.508 e. The van der Waals surface area contributed by atoms with Gasteiger partial charge in [0.1, 0.15) is 28.7 Å². The fourth-order valence-corrected chi connectivity index (χ4v) is 2.39. The lowest BCUT2D eigenvalue weighted by molar-refractivity contribution is -0.119. The number of rotatable bonds is 5. The fourth-order valence-electron chi connectivity index (χ4n) is 2.39. The second-order valence-electron chi connectivity index (χ2n) is 5.59. The van der Waals surface area contributed by atoms with Crippen LogP contribution in [0.5, 0.6) is 11.5 Å². The number of aromatic nitrogens is 2. The molecule has 9 nitrogen and oxygen atoms in total. The number of ether oxygens (including phenoxy) is 1. The molecule has 2 aromatic carbocycles. The number of anilines is 1. The van der Waals surface area contributed by atoms with E-state index in [-0.39, 0.29) is 22.7 Å². The Morgan fingerprint density at radius 2 is 1.93 bits per heavy atom. The number of nitrogens with one attached hydrogen (secondary N) is 1. The van der Waals surface area contributed by atoms with Crippen molar-refractivity contribution in [3.05, 3.63) is 65.9 Å². The molecule has 0 aliphatic heterocycles. The summed E-state index contributed by atoms with van der Waals surface area (Å²) in [5.41, 5.74) is 0.572. The van der Waals surface area contributed by atoms with Gasteiger partial charge in [0, 0.05) is 6.07 Å². The summed E-state index contributed by atoms with van der Waals surface area (Å²) < 4.78 is 6.25. The number of carbonyl (C=O) groups excluding carboxylic acids is 2. The minimum atomic E-state index is -0.940. The van der Waals surface area contributed by atoms with Crippen LogP contribution in [0.25, 0.3) is 5.69 Å². The van der Waals surface area contributed by atoms with Gasteiger partial charge in [0.25, 0.3) is 5.91 Å². The molecule has 3 aromatic rings. The Balaban J connectivity index is 1.71. The van der Waals surface area contributed by atoms with Crippen molar-refractivity contribution in [2.45, 2.75) is 0 Å². The largest absolute Gasteiger partial charge is 0.508 e. The van der Waals surface area contributed by atoms with E-state index in [1.807, 2.05) is 12.1 Å². The average molecular weight is 378 g/mol. The summed E-state index contributed by atoms with van der Waals surface area (Å²) in [6.45, 7) is -0.649. The Morgan fingerprint density at radius 3 is 2.61 bits per heavy atom. The third-order valence-corrected chi connectivity index (χ3v) is 3.68. The average Bonchev–Trinajstić information content (AvgIpc) is 3.09. The first-order chi connectivity index (χ1) is 13.5. The number of nitrogens with zero attached hydrogens (tertiary/aromatic N) is 3. The molecule has 0 saturated heterocycles. The summed E-state index contributed by atoms with van der Waals surface area (Å²) in [6, 6.07) is 14.2. The third-order valence-electron chi connectivity index (χ3n) is 3.68. The predicted octanol–water partition coefficient (Wildman–Crippen LogP) is 1.95. The van der Waals surface area contributed by atoms with Crippen molar-refractivity contribution >= 4 is 17.7 Å². The summed E-state index contributed by atoms with van der Waals surface area (Å²) in [5.74, 6) is -2.18. The van der Waals surface area contributed by atoms with E-state index in [0.717, 1.165) is 6.07 Å². The Morgan fingerprint density at radius 1 is 1.18 bits per heavy atom. The van der Waals surface area contributed by atoms with Crippen LogP contribution in [0.2, 0.25) is 0 Å². The van der Waals surface area contributed by atoms with Crippen LogP contribution < -0.4 is 5.32 Å². The Labute approximate surface area is 159 Å². The number of aromatic hydroxyl groups is 2. The fraction of sp³-hybridized carbons (Fsp3) is 0.0526. The molecule has 1 amide bonds. The molecular weight excluding hydrogens is 364 g/mol. The Kier molecular flexibility index (Phi) is 5.23. The quantitative estimate of drug-likeness (QED) is 0.577. The van der Waals surface area contributed by atoms with Crippen LogP contribution >= 0.6 is 0 Å². The number of esters is 1. The van der Waals surface area contributed by atoms with Gasteiger partial charge in [0.2, 0.25) is 0 Å². The van der Waals surface area contributed by atoms with Crippen LogP contribution in [0, 0.1) is 11.3 Å². The summed E-state index contributed by atoms with van der Waals surface area (Å²) in [5, 5.41) is 34.7. The highest BCUT2D eigenvalue weighted by atomic mass is 16.5. The zero-order valence-corrected chi connectivity index (χ0v) is 14.4. The Bertz CT molecular complexity index is 1070. The van der Waals surface area contributed by atoms with E-state index >= 15 is 0 Å². The molecule has 0 fully saturated rings. The van der Waals surface area contributed by atoms with Crippen molar-refractivity contribution in [2.24, 2.45) is 0 Å². The van der Waals surface area contributed by atoms with E-state index in [4.69, 9.17) is 4.74 Å². The van der Waals surface area contributed by atoms with Crippen molar-refractivity contribution < 1.29 is 24.5 Å². The van der Waals surface area contributed by atoms with E-state index in [2.05, 4.69) is 10.4 Å². The maximum atomic E-state index is 12.2. The van der Waals surface area contributed by atoms with Crippen molar-refractivity contribution in [1.82, 2.24) is 9.78 Å². The van der Waals surface area contributed by atoms with Gasteiger partial charge >= 0.3 is 5.97 Å². The highest BCUT2D eigenvalue weighted by molar-refractivity contribution is 5.97. The summed E-state index contributed by atoms with van der Waals surface area (Å²) in [7, 11) is 0. The van der Waals surface area contributed by atoms with Crippen LogP contribution in [0.4, 0.5) is 5.82 Å². The monoisotopic (exact) mass is 378 g/mol. The first-order valence-electron chi connectivity index (χ1n) is 8.02. The van der Waals surface area contributed by atoms with E-state index < -0.39 is 24.2 Å². The smallest absolute Gasteiger partial charge is 0.342 e. The number of phenols is 2. The molecule has 0 aliphatic carbocycles. The number of carbonyl (C=O) groups is 2. The summed E-state index contributed by atoms with van der Waals surface area (Å²) in [4.78, 5) is 24.2. The van der Waals surface area contributed by atoms with Gasteiger partial charge in [-0.2, -0.15) is 10.4 Å². The lowest BCUT2D eigenvalue weighted by Crippen LogP contribution is -2.23. The number of para-hydroxylation sites is 1. The number of phenolic OH excluding ortho intramolecular Hbond substituents is 2. The van der Waals surface area contributed by atoms with Gasteiger partial charge in [-0.25, -0.2) is 9.48 Å². The molecule has 9 heteroatoms. The van der Waals surface area contributed by atoms with E-state index in [9.17, 15) is 25.1 Å². The maximum absolute atomic E-state index is 12.2. The predicted molar refractivity (Wildman–Crippen MR) is 97.0 cm³/mol. The number of hydrogen-bond donors (Lipinski definition) is 3. The molecule has 0 aliphatic rings. The molecule has 0 spiro atoms. The van der Waals surface area contributed by atoms with Crippen molar-refractivity contribution in [2.75, 3.05) is 11.9 Å². The molecule has 140 valence electrons. The maximum Gasteiger partial charge on any atom is 0.342 e. The number of benzene rings is 2. The van der Waals surface area contributed by atoms with Gasteiger partial charge in [-0.05, 0) is 24.3 Å². The summed E-state index contributed by atoms with van der Waals surface area (Å²) in [6.07, 6.45) is 1.31. The van der Waals surface area contributed by atoms with Crippen LogP contribution in [-0.2, 0) is 9.53 Å². The number of hydrogen-bond acceptors (Lipinski definition) is 7. The molecule has 0 saturated carbocycles. The third kappa shape index (κ3) is 3.91. The highest BCUT2D eigenvalue weighted by Crippen LogP contribution is 2.23. The second-order valence-corrected chi connectivity index (χ2v) is 5.59. The second kappa shape index (κ2) is 7.92. The zero-order chi connectivity index (χ0) is 20.1. The SMILES string of the molecule is N#Cc1cnn(-c2ccccc2)c1NC(=O)COC(=O)c1ccc(O)cc1O. The van der Waals surface area contributed by atoms with E-state index in [1.165, 1.54) is 23.0 Å². The molecule has 0 atom stereocenters. The molecular formula is C19H14N4O5. The van der Waals surface area contributed by atoms with Crippen molar-refractivity contribution in [3.63, 3.8) is 0 Å². The lowest BCUT2D eigenvalue weighted by atomic mass is 10.2. The van der Waals surface area contributed by atoms with Gasteiger partial charge in [-0.3, -0.25) is 4.79 Å². The van der Waals surface area contributed by atoms with Gasteiger partial charge in [0.15, 0.2) is 12.4 Å². The molecule has 1 aromatic heterocycles. The first kappa shape index (κ1) is 18.5. The van der Waals surface area contributed by atoms with Crippen LogP contribution in [0.1, 0.15) is 15.9 Å². The number of nitriles is 1.